The van der Waals surface area contributed by atoms with Gasteiger partial charge >= 0.3 is 6.03 Å². The second-order valence-electron chi connectivity index (χ2n) is 6.57. The van der Waals surface area contributed by atoms with Crippen molar-refractivity contribution >= 4 is 23.5 Å². The molecule has 0 bridgehead atoms. The summed E-state index contributed by atoms with van der Waals surface area (Å²) in [6, 6.07) is 13.2. The number of amides is 4. The zero-order valence-corrected chi connectivity index (χ0v) is 16.3. The number of rotatable bonds is 8. The van der Waals surface area contributed by atoms with Gasteiger partial charge in [-0.05, 0) is 24.1 Å². The Bertz CT molecular complexity index is 900. The fourth-order valence-corrected chi connectivity index (χ4v) is 3.10. The molecule has 4 amide bonds. The van der Waals surface area contributed by atoms with Gasteiger partial charge in [0, 0.05) is 18.2 Å². The minimum atomic E-state index is -0.706. The van der Waals surface area contributed by atoms with Gasteiger partial charge in [-0.15, -0.1) is 0 Å². The number of benzene rings is 2. The van der Waals surface area contributed by atoms with Crippen LogP contribution in [0.5, 0.6) is 11.5 Å². The van der Waals surface area contributed by atoms with Crippen LogP contribution >= 0.6 is 0 Å². The van der Waals surface area contributed by atoms with Crippen molar-refractivity contribution in [2.24, 2.45) is 0 Å². The Morgan fingerprint density at radius 3 is 2.48 bits per heavy atom. The highest BCUT2D eigenvalue weighted by atomic mass is 16.5. The zero-order valence-electron chi connectivity index (χ0n) is 16.3. The highest BCUT2D eigenvalue weighted by molar-refractivity contribution is 6.04. The highest BCUT2D eigenvalue weighted by Crippen LogP contribution is 2.29. The molecule has 0 radical (unpaired) electrons. The second kappa shape index (κ2) is 9.09. The molecule has 0 unspecified atom stereocenters. The molecular formula is C21H23N3O5. The first-order valence-electron chi connectivity index (χ1n) is 9.19. The monoisotopic (exact) mass is 397 g/mol. The van der Waals surface area contributed by atoms with Gasteiger partial charge in [0.2, 0.25) is 5.91 Å². The topological polar surface area (TPSA) is 97.0 Å². The SMILES string of the molecule is COc1ccc(NC(=O)CC[C@@H]2NC(=O)N(Cc3ccccc3)C2=O)cc1OC. The summed E-state index contributed by atoms with van der Waals surface area (Å²) >= 11 is 0. The Balaban J connectivity index is 1.54. The Morgan fingerprint density at radius 1 is 1.07 bits per heavy atom. The molecule has 8 heteroatoms. The molecule has 0 aliphatic carbocycles. The van der Waals surface area contributed by atoms with Gasteiger partial charge in [0.15, 0.2) is 11.5 Å². The maximum absolute atomic E-state index is 12.5. The molecule has 0 aromatic heterocycles. The quantitative estimate of drug-likeness (QED) is 0.667. The molecule has 1 atom stereocenters. The zero-order chi connectivity index (χ0) is 20.8. The third-order valence-corrected chi connectivity index (χ3v) is 4.62. The summed E-state index contributed by atoms with van der Waals surface area (Å²) < 4.78 is 10.4. The molecule has 29 heavy (non-hydrogen) atoms. The molecule has 152 valence electrons. The molecule has 2 aromatic rings. The van der Waals surface area contributed by atoms with Crippen LogP contribution in [0.3, 0.4) is 0 Å². The van der Waals surface area contributed by atoms with Crippen LogP contribution in [0.4, 0.5) is 10.5 Å². The third-order valence-electron chi connectivity index (χ3n) is 4.62. The Kier molecular flexibility index (Phi) is 6.33. The number of carbonyl (C=O) groups excluding carboxylic acids is 3. The van der Waals surface area contributed by atoms with Crippen LogP contribution in [0.25, 0.3) is 0 Å². The number of imide groups is 1. The Hall–Kier alpha value is -3.55. The molecule has 1 aliphatic rings. The van der Waals surface area contributed by atoms with Crippen LogP contribution in [0.2, 0.25) is 0 Å². The van der Waals surface area contributed by atoms with Crippen LogP contribution in [0.15, 0.2) is 48.5 Å². The maximum atomic E-state index is 12.5. The van der Waals surface area contributed by atoms with Gasteiger partial charge in [-0.2, -0.15) is 0 Å². The van der Waals surface area contributed by atoms with E-state index >= 15 is 0 Å². The van der Waals surface area contributed by atoms with E-state index in [9.17, 15) is 14.4 Å². The van der Waals surface area contributed by atoms with Crippen molar-refractivity contribution in [3.05, 3.63) is 54.1 Å². The number of methoxy groups -OCH3 is 2. The standard InChI is InChI=1S/C21H23N3O5/c1-28-17-10-8-15(12-18(17)29-2)22-19(25)11-9-16-20(26)24(21(27)23-16)13-14-6-4-3-5-7-14/h3-8,10,12,16H,9,11,13H2,1-2H3,(H,22,25)(H,23,27)/t16-/m0/s1. The average Bonchev–Trinajstić information content (AvgIpc) is 3.00. The summed E-state index contributed by atoms with van der Waals surface area (Å²) in [6.07, 6.45) is 0.305. The van der Waals surface area contributed by atoms with Crippen LogP contribution in [0.1, 0.15) is 18.4 Å². The Labute approximate surface area is 168 Å². The molecule has 2 aromatic carbocycles. The van der Waals surface area contributed by atoms with Crippen molar-refractivity contribution in [2.45, 2.75) is 25.4 Å². The number of urea groups is 1. The van der Waals surface area contributed by atoms with E-state index in [0.717, 1.165) is 5.56 Å². The van der Waals surface area contributed by atoms with Crippen LogP contribution < -0.4 is 20.1 Å². The molecular weight excluding hydrogens is 374 g/mol. The lowest BCUT2D eigenvalue weighted by Gasteiger charge is -2.13. The third kappa shape index (κ3) is 4.84. The molecule has 0 saturated carbocycles. The summed E-state index contributed by atoms with van der Waals surface area (Å²) in [4.78, 5) is 38.1. The maximum Gasteiger partial charge on any atom is 0.325 e. The van der Waals surface area contributed by atoms with E-state index in [0.29, 0.717) is 17.2 Å². The molecule has 2 N–H and O–H groups in total. The molecule has 8 nitrogen and oxygen atoms in total. The first kappa shape index (κ1) is 20.2. The van der Waals surface area contributed by atoms with Crippen molar-refractivity contribution in [2.75, 3.05) is 19.5 Å². The second-order valence-corrected chi connectivity index (χ2v) is 6.57. The number of hydrogen-bond donors (Lipinski definition) is 2. The van der Waals surface area contributed by atoms with Crippen molar-refractivity contribution < 1.29 is 23.9 Å². The Morgan fingerprint density at radius 2 is 1.79 bits per heavy atom. The van der Waals surface area contributed by atoms with E-state index in [2.05, 4.69) is 10.6 Å². The lowest BCUT2D eigenvalue weighted by Crippen LogP contribution is -2.31. The summed E-state index contributed by atoms with van der Waals surface area (Å²) in [7, 11) is 3.04. The van der Waals surface area contributed by atoms with Gasteiger partial charge in [-0.3, -0.25) is 14.5 Å². The van der Waals surface area contributed by atoms with E-state index in [-0.39, 0.29) is 31.2 Å². The summed E-state index contributed by atoms with van der Waals surface area (Å²) in [5, 5.41) is 5.40. The lowest BCUT2D eigenvalue weighted by molar-refractivity contribution is -0.128. The van der Waals surface area contributed by atoms with E-state index < -0.39 is 12.1 Å². The summed E-state index contributed by atoms with van der Waals surface area (Å²) in [6.45, 7) is 0.208. The summed E-state index contributed by atoms with van der Waals surface area (Å²) in [5.41, 5.74) is 1.42. The normalized spacial score (nSPS) is 15.8. The number of anilines is 1. The number of carbonyl (C=O) groups is 3. The molecule has 3 rings (SSSR count). The highest BCUT2D eigenvalue weighted by Gasteiger charge is 2.37. The van der Waals surface area contributed by atoms with Crippen molar-refractivity contribution in [1.82, 2.24) is 10.2 Å². The fourth-order valence-electron chi connectivity index (χ4n) is 3.10. The molecule has 0 spiro atoms. The van der Waals surface area contributed by atoms with Crippen molar-refractivity contribution in [3.8, 4) is 11.5 Å². The predicted molar refractivity (Wildman–Crippen MR) is 107 cm³/mol. The van der Waals surface area contributed by atoms with Gasteiger partial charge in [0.1, 0.15) is 6.04 Å². The van der Waals surface area contributed by atoms with E-state index in [4.69, 9.17) is 9.47 Å². The van der Waals surface area contributed by atoms with Gasteiger partial charge in [0.05, 0.1) is 20.8 Å². The number of nitrogens with one attached hydrogen (secondary N) is 2. The predicted octanol–water partition coefficient (Wildman–Crippen LogP) is 2.54. The smallest absolute Gasteiger partial charge is 0.325 e. The average molecular weight is 397 g/mol. The van der Waals surface area contributed by atoms with Gasteiger partial charge < -0.3 is 20.1 Å². The van der Waals surface area contributed by atoms with Crippen LogP contribution in [-0.4, -0.2) is 43.0 Å². The minimum Gasteiger partial charge on any atom is -0.493 e. The molecule has 1 heterocycles. The van der Waals surface area contributed by atoms with E-state index in [1.54, 1.807) is 18.2 Å². The molecule has 1 aliphatic heterocycles. The lowest BCUT2D eigenvalue weighted by atomic mass is 10.1. The number of nitrogens with zero attached hydrogens (tertiary/aromatic N) is 1. The fraction of sp³-hybridized carbons (Fsp3) is 0.286. The van der Waals surface area contributed by atoms with E-state index in [1.165, 1.54) is 19.1 Å². The number of ether oxygens (including phenoxy) is 2. The van der Waals surface area contributed by atoms with Crippen LogP contribution in [-0.2, 0) is 16.1 Å². The van der Waals surface area contributed by atoms with Crippen LogP contribution in [0, 0.1) is 0 Å². The van der Waals surface area contributed by atoms with Gasteiger partial charge in [-0.1, -0.05) is 30.3 Å². The van der Waals surface area contributed by atoms with E-state index in [1.807, 2.05) is 30.3 Å². The van der Waals surface area contributed by atoms with Crippen molar-refractivity contribution in [3.63, 3.8) is 0 Å². The molecule has 1 saturated heterocycles. The summed E-state index contributed by atoms with van der Waals surface area (Å²) in [5.74, 6) is 0.474. The minimum absolute atomic E-state index is 0.0875. The number of hydrogen-bond acceptors (Lipinski definition) is 5. The first-order chi connectivity index (χ1) is 14.0. The van der Waals surface area contributed by atoms with Crippen molar-refractivity contribution in [1.29, 1.82) is 0 Å². The molecule has 1 fully saturated rings. The first-order valence-corrected chi connectivity index (χ1v) is 9.19. The van der Waals surface area contributed by atoms with Gasteiger partial charge in [0.25, 0.3) is 5.91 Å². The largest absolute Gasteiger partial charge is 0.493 e. The van der Waals surface area contributed by atoms with Gasteiger partial charge in [-0.25, -0.2) is 4.79 Å².